The number of hydrogen-bond donors (Lipinski definition) is 1. The second-order valence-corrected chi connectivity index (χ2v) is 26.2. The fourth-order valence-electron chi connectivity index (χ4n) is 8.98. The van der Waals surface area contributed by atoms with E-state index in [1.54, 1.807) is 66.8 Å². The first-order valence-corrected chi connectivity index (χ1v) is 31.5. The van der Waals surface area contributed by atoms with Crippen molar-refractivity contribution in [1.82, 2.24) is 56.1 Å². The average Bonchev–Trinajstić information content (AvgIpc) is 1.64. The van der Waals surface area contributed by atoms with Crippen LogP contribution in [0.2, 0.25) is 15.1 Å². The normalized spacial score (nSPS) is 11.7. The van der Waals surface area contributed by atoms with E-state index >= 15 is 0 Å². The number of aryl methyl sites for hydroxylation is 3. The fraction of sp³-hybridized carbons (Fsp3) is 0.421. The lowest BCUT2D eigenvalue weighted by Gasteiger charge is -2.12. The van der Waals surface area contributed by atoms with Crippen molar-refractivity contribution in [2.75, 3.05) is 13.8 Å². The molecule has 0 spiro atoms. The number of aliphatic hydroxyl groups is 1. The monoisotopic (exact) mass is 1330 g/mol. The highest BCUT2D eigenvalue weighted by atomic mass is 79.9. The minimum atomic E-state index is -3.85. The summed E-state index contributed by atoms with van der Waals surface area (Å²) in [6.45, 7) is 12.9. The molecule has 9 rings (SSSR count). The van der Waals surface area contributed by atoms with E-state index in [0.717, 1.165) is 51.1 Å². The zero-order chi connectivity index (χ0) is 63.5. The van der Waals surface area contributed by atoms with Crippen molar-refractivity contribution in [3.63, 3.8) is 0 Å². The number of rotatable bonds is 19. The molecule has 0 saturated carbocycles. The third-order valence-corrected chi connectivity index (χ3v) is 18.0. The van der Waals surface area contributed by atoms with Gasteiger partial charge in [-0.1, -0.05) is 123 Å². The van der Waals surface area contributed by atoms with Gasteiger partial charge in [0.1, 0.15) is 0 Å². The van der Waals surface area contributed by atoms with Crippen molar-refractivity contribution < 1.29 is 19.3 Å². The van der Waals surface area contributed by atoms with E-state index in [1.165, 1.54) is 43.7 Å². The van der Waals surface area contributed by atoms with Crippen LogP contribution in [0, 0.1) is 0 Å². The lowest BCUT2D eigenvalue weighted by molar-refractivity contribution is 0.277. The molecule has 0 fully saturated rings. The zero-order valence-electron chi connectivity index (χ0n) is 49.6. The summed E-state index contributed by atoms with van der Waals surface area (Å²) in [5.41, 5.74) is 1.93. The fourth-order valence-corrected chi connectivity index (χ4v) is 11.8. The van der Waals surface area contributed by atoms with Gasteiger partial charge in [-0.05, 0) is 102 Å². The van der Waals surface area contributed by atoms with Gasteiger partial charge in [-0.3, -0.25) is 46.2 Å². The van der Waals surface area contributed by atoms with Crippen LogP contribution >= 0.6 is 62.5 Å². The van der Waals surface area contributed by atoms with Crippen LogP contribution in [0.5, 0.6) is 0 Å². The molecule has 1 N–H and O–H groups in total. The molecule has 458 valence electrons. The van der Waals surface area contributed by atoms with Crippen molar-refractivity contribution in [1.29, 1.82) is 0 Å². The molecule has 0 unspecified atom stereocenters. The van der Waals surface area contributed by atoms with Crippen LogP contribution in [0.3, 0.4) is 0 Å². The topological polar surface area (TPSA) is 240 Å². The molecule has 0 bridgehead atoms. The number of imidazole rings is 3. The number of nitrogens with zero attached hydrogens (tertiary/aromatic N) is 12. The molecule has 0 aliphatic rings. The quantitative estimate of drug-likeness (QED) is 0.0589. The second-order valence-electron chi connectivity index (χ2n) is 20.3. The molecule has 0 aliphatic heterocycles. The minimum absolute atomic E-state index is 0.00145. The highest BCUT2D eigenvalue weighted by Gasteiger charge is 2.31. The van der Waals surface area contributed by atoms with Crippen molar-refractivity contribution in [3.05, 3.63) is 172 Å². The van der Waals surface area contributed by atoms with Crippen LogP contribution in [0.1, 0.15) is 91.7 Å². The molecule has 6 heterocycles. The van der Waals surface area contributed by atoms with Crippen LogP contribution in [0.15, 0.2) is 117 Å². The summed E-state index contributed by atoms with van der Waals surface area (Å²) in [5.74, 6) is 0. The van der Waals surface area contributed by atoms with Crippen LogP contribution in [0.4, 0.5) is 4.39 Å². The molecule has 6 aromatic heterocycles. The molecule has 85 heavy (non-hydrogen) atoms. The van der Waals surface area contributed by atoms with Crippen molar-refractivity contribution in [3.8, 4) is 0 Å². The number of sulfone groups is 1. The number of hydrogen-bond acceptors (Lipinski definition) is 13. The van der Waals surface area contributed by atoms with E-state index in [2.05, 4.69) is 44.7 Å². The van der Waals surface area contributed by atoms with Gasteiger partial charge in [0.05, 0.1) is 33.4 Å². The molecular weight excluding hydrogens is 1270 g/mol. The van der Waals surface area contributed by atoms with Gasteiger partial charge in [-0.25, -0.2) is 32.8 Å². The standard InChI is InChI=1S/C20H25ClN4O2S.C19H23ClN4O5S.C17H18BrClN4O2.CH3F/c1-5-6-11-24-18(26)16-17(23(4)20(24)27)22-19(28-13(2)3)25(16)12-14-7-9-15(21)10-8-14;1-12(2)30(28,29)18-21-16-15(24(18)11-13-5-7-14(20)8-6-13)17(26)23(9-4-10-25)19(27)22(16)3;1-3-4-9-22-15(24)13-14(21(2)17(22)25)20-16(18)23(13)10-11-5-7-12(19)8-6-11;1-2/h7-10,13H,5-6,11-12H2,1-4H3;5-8,12,25H,4,9-11H2,1-3H3;5-8H,3-4,9-10H2,1-2H3;1H3/i;;;1D. The predicted octanol–water partition coefficient (Wildman–Crippen LogP) is 8.81. The number of alkyl halides is 1. The minimum Gasteiger partial charge on any atom is -0.396 e. The van der Waals surface area contributed by atoms with Gasteiger partial charge in [-0.15, -0.1) is 0 Å². The summed E-state index contributed by atoms with van der Waals surface area (Å²) in [4.78, 5) is 90.4. The van der Waals surface area contributed by atoms with Gasteiger partial charge in [0.15, 0.2) is 43.4 Å². The van der Waals surface area contributed by atoms with E-state index in [0.29, 0.717) is 79.1 Å². The lowest BCUT2D eigenvalue weighted by Crippen LogP contribution is -2.40. The second kappa shape index (κ2) is 29.8. The average molecular weight is 1340 g/mol. The largest absolute Gasteiger partial charge is 0.396 e. The first-order chi connectivity index (χ1) is 40.8. The Kier molecular flexibility index (Phi) is 23.2. The Labute approximate surface area is 518 Å². The maximum atomic E-state index is 13.2. The number of thioether (sulfide) groups is 1. The molecule has 0 radical (unpaired) electrons. The molecule has 21 nitrogen and oxygen atoms in total. The Hall–Kier alpha value is -6.35. The number of fused-ring (bicyclic) bond motifs is 3. The maximum Gasteiger partial charge on any atom is 0.332 e. The molecular formula is C57H69BrCl3FN12O9S2. The molecule has 28 heteroatoms. The molecule has 0 amide bonds. The summed E-state index contributed by atoms with van der Waals surface area (Å²) in [5, 5.41) is 10.9. The van der Waals surface area contributed by atoms with Crippen molar-refractivity contribution in [2.45, 2.75) is 134 Å². The summed E-state index contributed by atoms with van der Waals surface area (Å²) >= 11 is 22.9. The van der Waals surface area contributed by atoms with Crippen molar-refractivity contribution >= 4 is 106 Å². The zero-order valence-corrected chi connectivity index (χ0v) is 54.0. The Morgan fingerprint density at radius 3 is 1.28 bits per heavy atom. The van der Waals surface area contributed by atoms with Gasteiger partial charge < -0.3 is 18.8 Å². The first-order valence-electron chi connectivity index (χ1n) is 27.8. The van der Waals surface area contributed by atoms with E-state index < -0.39 is 33.5 Å². The van der Waals surface area contributed by atoms with Crippen LogP contribution in [-0.4, -0.2) is 93.8 Å². The first kappa shape index (κ1) is 66.2. The smallest absolute Gasteiger partial charge is 0.332 e. The molecule has 0 aliphatic carbocycles. The Balaban J connectivity index is 0.000000202. The number of halogens is 5. The van der Waals surface area contributed by atoms with Gasteiger partial charge >= 0.3 is 17.1 Å². The van der Waals surface area contributed by atoms with Gasteiger partial charge in [0.2, 0.25) is 15.0 Å². The summed E-state index contributed by atoms with van der Waals surface area (Å²) in [6, 6.07) is 21.8. The van der Waals surface area contributed by atoms with Crippen LogP contribution < -0.4 is 33.7 Å². The number of aliphatic hydroxyl groups excluding tert-OH is 1. The molecule has 0 saturated heterocycles. The van der Waals surface area contributed by atoms with E-state index in [9.17, 15) is 41.6 Å². The van der Waals surface area contributed by atoms with Crippen LogP contribution in [0.25, 0.3) is 33.5 Å². The number of benzene rings is 3. The van der Waals surface area contributed by atoms with Gasteiger partial charge in [0, 0.05) is 67.7 Å². The van der Waals surface area contributed by atoms with E-state index in [-0.39, 0.29) is 64.9 Å². The number of aromatic nitrogens is 12. The Morgan fingerprint density at radius 2 is 0.906 bits per heavy atom. The molecule has 0 atom stereocenters. The van der Waals surface area contributed by atoms with Crippen molar-refractivity contribution in [2.24, 2.45) is 21.1 Å². The summed E-state index contributed by atoms with van der Waals surface area (Å²) < 4.78 is 54.7. The highest BCUT2D eigenvalue weighted by molar-refractivity contribution is 9.10. The third kappa shape index (κ3) is 15.1. The predicted molar refractivity (Wildman–Crippen MR) is 339 cm³/mol. The van der Waals surface area contributed by atoms with Crippen LogP contribution in [-0.2, 0) is 70.2 Å². The van der Waals surface area contributed by atoms with E-state index in [4.69, 9.17) is 41.3 Å². The Bertz CT molecular complexity index is 4350. The third-order valence-electron chi connectivity index (χ3n) is 13.6. The van der Waals surface area contributed by atoms with Gasteiger partial charge in [-0.2, -0.15) is 4.98 Å². The van der Waals surface area contributed by atoms with Gasteiger partial charge in [0.25, 0.3) is 16.7 Å². The highest BCUT2D eigenvalue weighted by Crippen LogP contribution is 2.27. The lowest BCUT2D eigenvalue weighted by atomic mass is 10.2. The number of unbranched alkanes of at least 4 members (excludes halogenated alkanes) is 2. The van der Waals surface area contributed by atoms with E-state index in [1.807, 2.05) is 54.8 Å². The molecule has 3 aromatic carbocycles. The summed E-state index contributed by atoms with van der Waals surface area (Å²) in [7, 11) is -0.102. The Morgan fingerprint density at radius 1 is 0.565 bits per heavy atom. The summed E-state index contributed by atoms with van der Waals surface area (Å²) in [6.07, 6.45) is 3.57. The molecule has 9 aromatic rings. The maximum absolute atomic E-state index is 13.2. The SMILES string of the molecule is CC(C)S(=O)(=O)c1nc2c(c(=O)n(CCCO)c(=O)n2C)n1Cc1ccc(Cl)cc1.CCCCn1c(=O)c2c(nc(Br)n2Cc2ccc(Cl)cc2)n(C)c1=O.CCCCn1c(=O)c2c(nc(SC(C)C)n2Cc2ccc(Cl)cc2)n(C)c1=O.[2H]CF.